The molecule has 3 rings (SSSR count). The molecule has 0 atom stereocenters. The topological polar surface area (TPSA) is 34.4 Å². The lowest BCUT2D eigenvalue weighted by atomic mass is 10.2. The highest BCUT2D eigenvalue weighted by molar-refractivity contribution is 7.07. The van der Waals surface area contributed by atoms with Gasteiger partial charge in [0, 0.05) is 12.1 Å². The van der Waals surface area contributed by atoms with Crippen LogP contribution in [0.3, 0.4) is 0 Å². The summed E-state index contributed by atoms with van der Waals surface area (Å²) in [5.74, 6) is -0.433. The molecule has 0 unspecified atom stereocenters. The summed E-state index contributed by atoms with van der Waals surface area (Å²) < 4.78 is 15.7. The zero-order valence-electron chi connectivity index (χ0n) is 9.19. The zero-order valence-corrected chi connectivity index (χ0v) is 10.8. The van der Waals surface area contributed by atoms with Crippen molar-refractivity contribution in [3.05, 3.63) is 54.3 Å². The van der Waals surface area contributed by atoms with Crippen LogP contribution in [0.1, 0.15) is 5.56 Å². The van der Waals surface area contributed by atoms with Crippen molar-refractivity contribution in [1.29, 1.82) is 0 Å². The van der Waals surface area contributed by atoms with E-state index >= 15 is 0 Å². The summed E-state index contributed by atoms with van der Waals surface area (Å²) in [6.45, 7) is 1.24. The average Bonchev–Trinajstić information content (AvgIpc) is 2.89. The molecule has 0 aliphatic carbocycles. The van der Waals surface area contributed by atoms with Crippen molar-refractivity contribution in [3.8, 4) is 0 Å². The molecule has 92 valence electrons. The maximum Gasteiger partial charge on any atom is 0.270 e. The lowest BCUT2D eigenvalue weighted by Crippen LogP contribution is -2.29. The van der Waals surface area contributed by atoms with Crippen LogP contribution in [0.4, 0.5) is 4.39 Å². The molecule has 1 aliphatic rings. The summed E-state index contributed by atoms with van der Waals surface area (Å²) in [6.07, 6.45) is 1.49. The summed E-state index contributed by atoms with van der Waals surface area (Å²) in [5.41, 5.74) is 0.118. The Morgan fingerprint density at radius 3 is 3.06 bits per heavy atom. The van der Waals surface area contributed by atoms with Crippen molar-refractivity contribution < 1.29 is 4.39 Å². The van der Waals surface area contributed by atoms with Gasteiger partial charge in [-0.25, -0.2) is 4.39 Å². The van der Waals surface area contributed by atoms with Gasteiger partial charge >= 0.3 is 0 Å². The van der Waals surface area contributed by atoms with E-state index in [9.17, 15) is 9.18 Å². The number of halogens is 2. The molecule has 2 heterocycles. The molecular formula is C12H8ClFN2OS. The van der Waals surface area contributed by atoms with E-state index in [4.69, 9.17) is 11.6 Å². The number of aromatic nitrogens is 1. The lowest BCUT2D eigenvalue weighted by molar-refractivity contribution is 0.625. The van der Waals surface area contributed by atoms with E-state index in [0.29, 0.717) is 27.4 Å². The molecule has 0 saturated carbocycles. The van der Waals surface area contributed by atoms with E-state index in [1.807, 2.05) is 0 Å². The molecule has 0 bridgehead atoms. The van der Waals surface area contributed by atoms with Crippen molar-refractivity contribution in [3.63, 3.8) is 0 Å². The molecule has 1 aromatic carbocycles. The first kappa shape index (κ1) is 11.6. The Bertz CT molecular complexity index is 773. The first-order valence-electron chi connectivity index (χ1n) is 5.36. The molecular weight excluding hydrogens is 275 g/mol. The predicted octanol–water partition coefficient (Wildman–Crippen LogP) is 1.16. The van der Waals surface area contributed by atoms with Crippen LogP contribution in [-0.4, -0.2) is 11.1 Å². The van der Waals surface area contributed by atoms with Gasteiger partial charge in [0.2, 0.25) is 0 Å². The standard InChI is InChI=1S/C12H8ClFN2OS/c13-8-2-1-3-9(14)7(8)6-10-11(17)16-5-4-15-12(16)18-10/h1-3,6H,4-5H2. The van der Waals surface area contributed by atoms with Gasteiger partial charge in [-0.15, -0.1) is 0 Å². The highest BCUT2D eigenvalue weighted by Crippen LogP contribution is 2.19. The molecule has 0 saturated heterocycles. The number of fused-ring (bicyclic) bond motifs is 1. The van der Waals surface area contributed by atoms with E-state index in [0.717, 1.165) is 0 Å². The molecule has 0 radical (unpaired) electrons. The Hall–Kier alpha value is -1.46. The fourth-order valence-corrected chi connectivity index (χ4v) is 3.08. The number of benzene rings is 1. The smallest absolute Gasteiger partial charge is 0.270 e. The second-order valence-electron chi connectivity index (χ2n) is 3.87. The average molecular weight is 283 g/mol. The third kappa shape index (κ3) is 1.79. The lowest BCUT2D eigenvalue weighted by Gasteiger charge is -1.98. The maximum atomic E-state index is 13.6. The molecule has 0 spiro atoms. The quantitative estimate of drug-likeness (QED) is 0.773. The Morgan fingerprint density at radius 2 is 2.33 bits per heavy atom. The fourth-order valence-electron chi connectivity index (χ4n) is 1.85. The van der Waals surface area contributed by atoms with Crippen LogP contribution in [-0.2, 0) is 6.54 Å². The molecule has 18 heavy (non-hydrogen) atoms. The minimum Gasteiger partial charge on any atom is -0.282 e. The second-order valence-corrected chi connectivity index (χ2v) is 5.28. The summed E-state index contributed by atoms with van der Waals surface area (Å²) in [4.78, 5) is 16.9. The Balaban J connectivity index is 2.28. The van der Waals surface area contributed by atoms with Gasteiger partial charge in [-0.05, 0) is 18.2 Å². The Morgan fingerprint density at radius 1 is 1.50 bits per heavy atom. The number of rotatable bonds is 1. The highest BCUT2D eigenvalue weighted by Gasteiger charge is 2.11. The van der Waals surface area contributed by atoms with Gasteiger partial charge in [-0.1, -0.05) is 29.0 Å². The van der Waals surface area contributed by atoms with Gasteiger partial charge in [0.1, 0.15) is 5.82 Å². The molecule has 0 N–H and O–H groups in total. The summed E-state index contributed by atoms with van der Waals surface area (Å²) in [6, 6.07) is 4.45. The van der Waals surface area contributed by atoms with Crippen LogP contribution >= 0.6 is 22.9 Å². The van der Waals surface area contributed by atoms with Crippen molar-refractivity contribution >= 4 is 29.0 Å². The summed E-state index contributed by atoms with van der Waals surface area (Å²) in [7, 11) is 0. The minimum absolute atomic E-state index is 0.129. The van der Waals surface area contributed by atoms with Gasteiger partial charge in [-0.2, -0.15) is 0 Å². The third-order valence-corrected chi connectivity index (χ3v) is 4.11. The van der Waals surface area contributed by atoms with E-state index in [1.54, 1.807) is 10.6 Å². The Kier molecular flexibility index (Phi) is 2.80. The number of thiazole rings is 1. The first-order chi connectivity index (χ1) is 8.66. The predicted molar refractivity (Wildman–Crippen MR) is 69.2 cm³/mol. The summed E-state index contributed by atoms with van der Waals surface area (Å²) >= 11 is 7.19. The first-order valence-corrected chi connectivity index (χ1v) is 6.56. The largest absolute Gasteiger partial charge is 0.282 e. The van der Waals surface area contributed by atoms with Crippen molar-refractivity contribution in [1.82, 2.24) is 4.57 Å². The SMILES string of the molecule is O=c1c(=Cc2c(F)cccc2Cl)sc2n1CCN=2. The summed E-state index contributed by atoms with van der Waals surface area (Å²) in [5, 5.41) is 0.296. The minimum atomic E-state index is -0.433. The Labute approximate surface area is 110 Å². The maximum absolute atomic E-state index is 13.6. The molecule has 1 aromatic heterocycles. The molecule has 6 heteroatoms. The van der Waals surface area contributed by atoms with E-state index in [2.05, 4.69) is 4.99 Å². The third-order valence-electron chi connectivity index (χ3n) is 2.73. The molecule has 3 nitrogen and oxygen atoms in total. The number of hydrogen-bond acceptors (Lipinski definition) is 3. The van der Waals surface area contributed by atoms with Gasteiger partial charge in [-0.3, -0.25) is 14.4 Å². The van der Waals surface area contributed by atoms with Gasteiger partial charge < -0.3 is 0 Å². The van der Waals surface area contributed by atoms with Crippen molar-refractivity contribution in [2.24, 2.45) is 4.99 Å². The molecule has 0 fully saturated rings. The van der Waals surface area contributed by atoms with Crippen LogP contribution in [0.2, 0.25) is 5.02 Å². The van der Waals surface area contributed by atoms with Crippen LogP contribution in [0, 0.1) is 5.82 Å². The highest BCUT2D eigenvalue weighted by atomic mass is 35.5. The van der Waals surface area contributed by atoms with Crippen molar-refractivity contribution in [2.45, 2.75) is 6.54 Å². The number of hydrogen-bond donors (Lipinski definition) is 0. The zero-order chi connectivity index (χ0) is 12.7. The second kappa shape index (κ2) is 4.33. The number of nitrogens with zero attached hydrogens (tertiary/aromatic N) is 2. The van der Waals surface area contributed by atoms with E-state index < -0.39 is 5.82 Å². The van der Waals surface area contributed by atoms with Gasteiger partial charge in [0.15, 0.2) is 4.80 Å². The van der Waals surface area contributed by atoms with Gasteiger partial charge in [0.05, 0.1) is 16.1 Å². The van der Waals surface area contributed by atoms with Crippen LogP contribution in [0.25, 0.3) is 6.08 Å². The molecule has 2 aromatic rings. The normalized spacial score (nSPS) is 14.7. The van der Waals surface area contributed by atoms with Crippen molar-refractivity contribution in [2.75, 3.05) is 6.54 Å². The van der Waals surface area contributed by atoms with Gasteiger partial charge in [0.25, 0.3) is 5.56 Å². The molecule has 0 amide bonds. The molecule has 1 aliphatic heterocycles. The van der Waals surface area contributed by atoms with E-state index in [1.165, 1.54) is 29.5 Å². The van der Waals surface area contributed by atoms with Crippen LogP contribution in [0.5, 0.6) is 0 Å². The fraction of sp³-hybridized carbons (Fsp3) is 0.167. The van der Waals surface area contributed by atoms with Crippen LogP contribution in [0.15, 0.2) is 28.0 Å². The van der Waals surface area contributed by atoms with E-state index in [-0.39, 0.29) is 11.1 Å². The monoisotopic (exact) mass is 282 g/mol. The van der Waals surface area contributed by atoms with Crippen LogP contribution < -0.4 is 14.9 Å².